The van der Waals surface area contributed by atoms with Gasteiger partial charge in [0, 0.05) is 6.54 Å². The van der Waals surface area contributed by atoms with Gasteiger partial charge in [0.15, 0.2) is 0 Å². The molecule has 0 aromatic rings. The topological polar surface area (TPSA) is 70.1 Å². The second-order valence-electron chi connectivity index (χ2n) is 6.62. The normalized spacial score (nSPS) is 36.7. The summed E-state index contributed by atoms with van der Waals surface area (Å²) in [7, 11) is 0. The number of likely N-dealkylation sites (tertiary alicyclic amines) is 1. The van der Waals surface area contributed by atoms with Crippen LogP contribution in [0.3, 0.4) is 0 Å². The first-order valence-electron chi connectivity index (χ1n) is 7.58. The number of amides is 1. The third kappa shape index (κ3) is 1.87. The molecule has 3 fully saturated rings. The predicted octanol–water partition coefficient (Wildman–Crippen LogP) is 1.65. The predicted molar refractivity (Wildman–Crippen MR) is 71.9 cm³/mol. The van der Waals surface area contributed by atoms with Gasteiger partial charge in [-0.25, -0.2) is 0 Å². The van der Waals surface area contributed by atoms with E-state index in [0.717, 1.165) is 32.2 Å². The lowest BCUT2D eigenvalue weighted by molar-refractivity contribution is -0.136. The number of rotatable bonds is 3. The van der Waals surface area contributed by atoms with Gasteiger partial charge >= 0.3 is 0 Å². The molecule has 2 N–H and O–H groups in total. The van der Waals surface area contributed by atoms with Crippen molar-refractivity contribution in [1.29, 1.82) is 5.26 Å². The average molecular weight is 261 g/mol. The molecular formula is C15H23N3O. The number of piperidine rings is 1. The Hall–Kier alpha value is -1.08. The minimum atomic E-state index is -0.409. The molecule has 3 rings (SSSR count). The molecule has 19 heavy (non-hydrogen) atoms. The molecule has 0 aromatic heterocycles. The molecule has 1 aliphatic heterocycles. The van der Waals surface area contributed by atoms with Crippen LogP contribution in [0.5, 0.6) is 0 Å². The van der Waals surface area contributed by atoms with Crippen LogP contribution in [0.25, 0.3) is 0 Å². The Labute approximate surface area is 114 Å². The van der Waals surface area contributed by atoms with Crippen molar-refractivity contribution in [1.82, 2.24) is 4.90 Å². The molecule has 2 saturated carbocycles. The van der Waals surface area contributed by atoms with Gasteiger partial charge in [-0.2, -0.15) is 5.26 Å². The van der Waals surface area contributed by atoms with Gasteiger partial charge < -0.3 is 10.6 Å². The maximum Gasteiger partial charge on any atom is 0.241 e. The van der Waals surface area contributed by atoms with E-state index in [9.17, 15) is 10.1 Å². The third-order valence-corrected chi connectivity index (χ3v) is 5.79. The standard InChI is InChI=1S/C15H23N3O/c1-2-15(5-3-4-6-15)13(17)14(19)18-9-10-7-11(10)12(18)8-16/h10-13H,2-7,9,17H2,1H3/t10?,11-,12?,13?/m1/s1. The van der Waals surface area contributed by atoms with Gasteiger partial charge in [-0.05, 0) is 42.9 Å². The summed E-state index contributed by atoms with van der Waals surface area (Å²) in [6, 6.07) is 1.69. The third-order valence-electron chi connectivity index (χ3n) is 5.79. The van der Waals surface area contributed by atoms with Crippen LogP contribution < -0.4 is 5.73 Å². The number of fused-ring (bicyclic) bond motifs is 1. The lowest BCUT2D eigenvalue weighted by atomic mass is 9.76. The number of carbonyl (C=O) groups excluding carboxylic acids is 1. The van der Waals surface area contributed by atoms with E-state index in [4.69, 9.17) is 5.73 Å². The zero-order valence-electron chi connectivity index (χ0n) is 11.6. The summed E-state index contributed by atoms with van der Waals surface area (Å²) in [5.41, 5.74) is 6.31. The van der Waals surface area contributed by atoms with Gasteiger partial charge in [0.05, 0.1) is 12.1 Å². The fourth-order valence-electron chi connectivity index (χ4n) is 4.26. The first-order chi connectivity index (χ1) is 9.13. The maximum absolute atomic E-state index is 12.7. The molecular weight excluding hydrogens is 238 g/mol. The summed E-state index contributed by atoms with van der Waals surface area (Å²) in [6.07, 6.45) is 6.58. The van der Waals surface area contributed by atoms with Crippen LogP contribution in [0.15, 0.2) is 0 Å². The van der Waals surface area contributed by atoms with Crippen LogP contribution in [0.1, 0.15) is 45.4 Å². The van der Waals surface area contributed by atoms with Crippen LogP contribution in [0, 0.1) is 28.6 Å². The molecule has 4 heteroatoms. The van der Waals surface area contributed by atoms with Crippen molar-refractivity contribution in [3.05, 3.63) is 0 Å². The van der Waals surface area contributed by atoms with Crippen molar-refractivity contribution < 1.29 is 4.79 Å². The molecule has 0 aromatic carbocycles. The molecule has 1 heterocycles. The number of nitrogens with two attached hydrogens (primary N) is 1. The molecule has 104 valence electrons. The summed E-state index contributed by atoms with van der Waals surface area (Å²) < 4.78 is 0. The first-order valence-corrected chi connectivity index (χ1v) is 7.58. The quantitative estimate of drug-likeness (QED) is 0.840. The fourth-order valence-corrected chi connectivity index (χ4v) is 4.26. The van der Waals surface area contributed by atoms with Gasteiger partial charge in [-0.1, -0.05) is 19.8 Å². The van der Waals surface area contributed by atoms with E-state index in [1.165, 1.54) is 12.8 Å². The Morgan fingerprint density at radius 3 is 2.79 bits per heavy atom. The fraction of sp³-hybridized carbons (Fsp3) is 0.867. The molecule has 4 atom stereocenters. The number of hydrogen-bond donors (Lipinski definition) is 1. The molecule has 1 amide bonds. The Balaban J connectivity index is 1.75. The zero-order chi connectivity index (χ0) is 13.6. The van der Waals surface area contributed by atoms with Crippen molar-refractivity contribution >= 4 is 5.91 Å². The Kier molecular flexibility index (Phi) is 3.05. The molecule has 0 radical (unpaired) electrons. The first kappa shape index (κ1) is 12.9. The van der Waals surface area contributed by atoms with Gasteiger partial charge in [0.1, 0.15) is 6.04 Å². The SMILES string of the molecule is CCC1(C(N)C(=O)N2CC3C[C@H]3C2C#N)CCCC1. The van der Waals surface area contributed by atoms with Crippen LogP contribution in [0.2, 0.25) is 0 Å². The minimum Gasteiger partial charge on any atom is -0.325 e. The van der Waals surface area contributed by atoms with E-state index in [1.54, 1.807) is 4.90 Å². The van der Waals surface area contributed by atoms with Crippen LogP contribution >= 0.6 is 0 Å². The maximum atomic E-state index is 12.7. The van der Waals surface area contributed by atoms with Crippen LogP contribution in [-0.4, -0.2) is 29.4 Å². The average Bonchev–Trinajstić information content (AvgIpc) is 2.92. The van der Waals surface area contributed by atoms with E-state index in [2.05, 4.69) is 13.0 Å². The van der Waals surface area contributed by atoms with Crippen molar-refractivity contribution in [2.75, 3.05) is 6.54 Å². The van der Waals surface area contributed by atoms with Gasteiger partial charge in [0.25, 0.3) is 0 Å². The minimum absolute atomic E-state index is 0.0101. The summed E-state index contributed by atoms with van der Waals surface area (Å²) in [5, 5.41) is 9.27. The molecule has 1 saturated heterocycles. The van der Waals surface area contributed by atoms with E-state index in [0.29, 0.717) is 11.8 Å². The highest BCUT2D eigenvalue weighted by Crippen LogP contribution is 2.50. The number of hydrogen-bond acceptors (Lipinski definition) is 3. The van der Waals surface area contributed by atoms with Gasteiger partial charge in [-0.15, -0.1) is 0 Å². The van der Waals surface area contributed by atoms with Gasteiger partial charge in [-0.3, -0.25) is 4.79 Å². The van der Waals surface area contributed by atoms with E-state index >= 15 is 0 Å². The molecule has 2 aliphatic carbocycles. The summed E-state index contributed by atoms with van der Waals surface area (Å²) in [5.74, 6) is 1.03. The summed E-state index contributed by atoms with van der Waals surface area (Å²) >= 11 is 0. The van der Waals surface area contributed by atoms with Crippen molar-refractivity contribution in [3.8, 4) is 6.07 Å². The van der Waals surface area contributed by atoms with Crippen molar-refractivity contribution in [2.45, 2.75) is 57.5 Å². The van der Waals surface area contributed by atoms with Gasteiger partial charge in [0.2, 0.25) is 5.91 Å². The van der Waals surface area contributed by atoms with Crippen LogP contribution in [0.4, 0.5) is 0 Å². The molecule has 0 spiro atoms. The number of nitrogens with zero attached hydrogens (tertiary/aromatic N) is 2. The smallest absolute Gasteiger partial charge is 0.241 e. The van der Waals surface area contributed by atoms with Crippen molar-refractivity contribution in [3.63, 3.8) is 0 Å². The van der Waals surface area contributed by atoms with Crippen molar-refractivity contribution in [2.24, 2.45) is 23.0 Å². The molecule has 0 bridgehead atoms. The summed E-state index contributed by atoms with van der Waals surface area (Å²) in [6.45, 7) is 2.90. The van der Waals surface area contributed by atoms with E-state index < -0.39 is 6.04 Å². The highest BCUT2D eigenvalue weighted by molar-refractivity contribution is 5.84. The second-order valence-corrected chi connectivity index (χ2v) is 6.62. The summed E-state index contributed by atoms with van der Waals surface area (Å²) in [4.78, 5) is 14.5. The Morgan fingerprint density at radius 2 is 2.21 bits per heavy atom. The molecule has 4 nitrogen and oxygen atoms in total. The number of nitriles is 1. The lowest BCUT2D eigenvalue weighted by Crippen LogP contribution is -2.54. The second kappa shape index (κ2) is 4.49. The van der Waals surface area contributed by atoms with E-state index in [-0.39, 0.29) is 17.4 Å². The van der Waals surface area contributed by atoms with E-state index in [1.807, 2.05) is 0 Å². The Morgan fingerprint density at radius 1 is 1.53 bits per heavy atom. The number of carbonyl (C=O) groups is 1. The highest BCUT2D eigenvalue weighted by atomic mass is 16.2. The zero-order valence-corrected chi connectivity index (χ0v) is 11.6. The van der Waals surface area contributed by atoms with Crippen LogP contribution in [-0.2, 0) is 4.79 Å². The Bertz CT molecular complexity index is 422. The largest absolute Gasteiger partial charge is 0.325 e. The highest BCUT2D eigenvalue weighted by Gasteiger charge is 2.56. The molecule has 3 unspecified atom stereocenters. The monoisotopic (exact) mass is 261 g/mol. The molecule has 3 aliphatic rings. The lowest BCUT2D eigenvalue weighted by Gasteiger charge is -2.36.